The summed E-state index contributed by atoms with van der Waals surface area (Å²) < 4.78 is 0. The monoisotopic (exact) mass is 470 g/mol. The molecule has 1 fully saturated rings. The molecule has 0 aliphatic carbocycles. The van der Waals surface area contributed by atoms with Crippen LogP contribution in [0.4, 0.5) is 5.69 Å². The van der Waals surface area contributed by atoms with Crippen LogP contribution in [-0.2, 0) is 15.0 Å². The minimum atomic E-state index is -0.997. The second-order valence-electron chi connectivity index (χ2n) is 9.53. The van der Waals surface area contributed by atoms with Gasteiger partial charge in [-0.1, -0.05) is 32.0 Å². The molecule has 9 heteroatoms. The molecule has 3 amide bonds. The van der Waals surface area contributed by atoms with Crippen LogP contribution >= 0.6 is 0 Å². The summed E-state index contributed by atoms with van der Waals surface area (Å²) in [5.74, 6) is -0.964. The molecule has 0 saturated carbocycles. The Morgan fingerprint density at radius 3 is 2.71 bits per heavy atom. The Labute approximate surface area is 204 Å². The number of hydrogen-bond acceptors (Lipinski definition) is 6. The van der Waals surface area contributed by atoms with E-state index >= 15 is 0 Å². The highest BCUT2D eigenvalue weighted by molar-refractivity contribution is 6.07. The Morgan fingerprint density at radius 2 is 2.03 bits per heavy atom. The van der Waals surface area contributed by atoms with Crippen molar-refractivity contribution in [3.05, 3.63) is 59.4 Å². The molecule has 0 bridgehead atoms. The van der Waals surface area contributed by atoms with Gasteiger partial charge in [0.2, 0.25) is 11.8 Å². The molecule has 178 valence electrons. The van der Waals surface area contributed by atoms with Crippen LogP contribution in [0.5, 0.6) is 0 Å². The number of rotatable bonds is 5. The van der Waals surface area contributed by atoms with Crippen LogP contribution in [0, 0.1) is 28.6 Å². The number of aromatic nitrogens is 1. The summed E-state index contributed by atoms with van der Waals surface area (Å²) in [6.07, 6.45) is 3.29. The summed E-state index contributed by atoms with van der Waals surface area (Å²) >= 11 is 0. The van der Waals surface area contributed by atoms with Gasteiger partial charge in [0.15, 0.2) is 0 Å². The van der Waals surface area contributed by atoms with Gasteiger partial charge in [0.25, 0.3) is 5.91 Å². The van der Waals surface area contributed by atoms with E-state index < -0.39 is 23.4 Å². The maximum atomic E-state index is 13.9. The van der Waals surface area contributed by atoms with Crippen LogP contribution < -0.4 is 5.32 Å². The van der Waals surface area contributed by atoms with Gasteiger partial charge in [-0.2, -0.15) is 10.5 Å². The van der Waals surface area contributed by atoms with Crippen molar-refractivity contribution in [2.45, 2.75) is 44.2 Å². The minimum absolute atomic E-state index is 0.0645. The molecule has 3 atom stereocenters. The molecular weight excluding hydrogens is 444 g/mol. The topological polar surface area (TPSA) is 130 Å². The van der Waals surface area contributed by atoms with Gasteiger partial charge in [-0.25, -0.2) is 0 Å². The number of likely N-dealkylation sites (N-methyl/N-ethyl adjacent to an activating group) is 1. The molecule has 2 aromatic rings. The van der Waals surface area contributed by atoms with E-state index in [9.17, 15) is 19.6 Å². The van der Waals surface area contributed by atoms with Gasteiger partial charge in [-0.3, -0.25) is 19.4 Å². The first kappa shape index (κ1) is 23.9. The highest BCUT2D eigenvalue weighted by Crippen LogP contribution is 2.46. The zero-order chi connectivity index (χ0) is 25.3. The Balaban J connectivity index is 1.66. The predicted molar refractivity (Wildman–Crippen MR) is 127 cm³/mol. The van der Waals surface area contributed by atoms with Gasteiger partial charge in [0.05, 0.1) is 22.6 Å². The largest absolute Gasteiger partial charge is 0.330 e. The maximum Gasteiger partial charge on any atom is 0.255 e. The molecule has 0 radical (unpaired) electrons. The van der Waals surface area contributed by atoms with Gasteiger partial charge < -0.3 is 15.1 Å². The van der Waals surface area contributed by atoms with E-state index in [2.05, 4.69) is 16.4 Å². The van der Waals surface area contributed by atoms with Crippen LogP contribution in [0.25, 0.3) is 0 Å². The number of hydrogen-bond donors (Lipinski definition) is 1. The minimum Gasteiger partial charge on any atom is -0.330 e. The predicted octanol–water partition coefficient (Wildman–Crippen LogP) is 2.45. The standard InChI is InChI=1S/C26H26N6O3/c1-16(2)8-22(31(3)23(33)18-9-17(11-27)13-29-14-18)24(34)32-15-26(10-19(32)12-28)20-6-4-5-7-21(20)30-25(26)35/h4-7,9,13-14,16,19,22H,8,10,15H2,1-3H3,(H,30,35)/t19-,22-,26-/m0/s1. The van der Waals surface area contributed by atoms with Crippen LogP contribution in [0.1, 0.15) is 48.2 Å². The Kier molecular flexibility index (Phi) is 6.27. The summed E-state index contributed by atoms with van der Waals surface area (Å²) in [7, 11) is 1.54. The van der Waals surface area contributed by atoms with Gasteiger partial charge in [-0.15, -0.1) is 0 Å². The van der Waals surface area contributed by atoms with E-state index in [4.69, 9.17) is 5.26 Å². The third-order valence-electron chi connectivity index (χ3n) is 6.80. The fraction of sp³-hybridized carbons (Fsp3) is 0.385. The molecule has 35 heavy (non-hydrogen) atoms. The number of nitriles is 2. The molecule has 3 heterocycles. The molecule has 1 spiro atoms. The molecule has 1 aromatic carbocycles. The molecule has 1 aromatic heterocycles. The first-order valence-electron chi connectivity index (χ1n) is 11.4. The third-order valence-corrected chi connectivity index (χ3v) is 6.80. The van der Waals surface area contributed by atoms with Crippen LogP contribution in [0.15, 0.2) is 42.7 Å². The van der Waals surface area contributed by atoms with Gasteiger partial charge >= 0.3 is 0 Å². The molecule has 1 saturated heterocycles. The summed E-state index contributed by atoms with van der Waals surface area (Å²) in [5.41, 5.74) is 0.923. The fourth-order valence-corrected chi connectivity index (χ4v) is 5.01. The zero-order valence-electron chi connectivity index (χ0n) is 19.9. The van der Waals surface area contributed by atoms with Crippen molar-refractivity contribution in [3.8, 4) is 12.1 Å². The van der Waals surface area contributed by atoms with Gasteiger partial charge in [-0.05, 0) is 30.0 Å². The number of fused-ring (bicyclic) bond motifs is 2. The molecule has 1 N–H and O–H groups in total. The van der Waals surface area contributed by atoms with Crippen LogP contribution in [0.3, 0.4) is 0 Å². The van der Waals surface area contributed by atoms with E-state index in [0.29, 0.717) is 12.1 Å². The summed E-state index contributed by atoms with van der Waals surface area (Å²) in [4.78, 5) is 47.0. The molecule has 2 aliphatic rings. The highest BCUT2D eigenvalue weighted by atomic mass is 16.2. The summed E-state index contributed by atoms with van der Waals surface area (Å²) in [6, 6.07) is 11.3. The normalized spacial score (nSPS) is 21.3. The molecular formula is C26H26N6O3. The second-order valence-corrected chi connectivity index (χ2v) is 9.53. The Hall–Kier alpha value is -4.24. The first-order chi connectivity index (χ1) is 16.7. The number of amides is 3. The number of nitrogens with one attached hydrogen (secondary N) is 1. The van der Waals surface area contributed by atoms with Gasteiger partial charge in [0, 0.05) is 38.1 Å². The average molecular weight is 471 g/mol. The van der Waals surface area contributed by atoms with Crippen molar-refractivity contribution in [2.75, 3.05) is 18.9 Å². The highest BCUT2D eigenvalue weighted by Gasteiger charge is 2.56. The van der Waals surface area contributed by atoms with Crippen molar-refractivity contribution < 1.29 is 14.4 Å². The number of carbonyl (C=O) groups excluding carboxylic acids is 3. The zero-order valence-corrected chi connectivity index (χ0v) is 19.9. The lowest BCUT2D eigenvalue weighted by atomic mass is 9.80. The van der Waals surface area contributed by atoms with E-state index in [-0.39, 0.29) is 41.8 Å². The summed E-state index contributed by atoms with van der Waals surface area (Å²) in [6.45, 7) is 3.96. The maximum absolute atomic E-state index is 13.9. The number of likely N-dealkylation sites (tertiary alicyclic amines) is 1. The quantitative estimate of drug-likeness (QED) is 0.714. The van der Waals surface area contributed by atoms with Crippen molar-refractivity contribution in [3.63, 3.8) is 0 Å². The van der Waals surface area contributed by atoms with Crippen molar-refractivity contribution in [2.24, 2.45) is 5.92 Å². The van der Waals surface area contributed by atoms with Crippen molar-refractivity contribution in [1.82, 2.24) is 14.8 Å². The van der Waals surface area contributed by atoms with Crippen molar-refractivity contribution >= 4 is 23.4 Å². The van der Waals surface area contributed by atoms with Crippen LogP contribution in [0.2, 0.25) is 0 Å². The number of pyridine rings is 1. The SMILES string of the molecule is CC(C)C[C@@H](C(=O)N1C[C@]2(C[C@H]1C#N)C(=O)Nc1ccccc12)N(C)C(=O)c1cncc(C#N)c1. The Morgan fingerprint density at radius 1 is 1.29 bits per heavy atom. The molecule has 4 rings (SSSR count). The number of para-hydroxylation sites is 1. The lowest BCUT2D eigenvalue weighted by Gasteiger charge is -2.33. The first-order valence-corrected chi connectivity index (χ1v) is 11.4. The second kappa shape index (κ2) is 9.19. The van der Waals surface area contributed by atoms with E-state index in [1.165, 1.54) is 35.3 Å². The van der Waals surface area contributed by atoms with Crippen molar-refractivity contribution in [1.29, 1.82) is 10.5 Å². The van der Waals surface area contributed by atoms with Gasteiger partial charge in [0.1, 0.15) is 18.2 Å². The molecule has 0 unspecified atom stereocenters. The third kappa shape index (κ3) is 4.10. The molecule has 9 nitrogen and oxygen atoms in total. The summed E-state index contributed by atoms with van der Waals surface area (Å²) in [5, 5.41) is 22.0. The van der Waals surface area contributed by atoms with E-state index in [0.717, 1.165) is 5.56 Å². The smallest absolute Gasteiger partial charge is 0.255 e. The lowest BCUT2D eigenvalue weighted by Crippen LogP contribution is -2.52. The number of benzene rings is 1. The number of nitrogens with zero attached hydrogens (tertiary/aromatic N) is 5. The Bertz CT molecular complexity index is 1280. The number of anilines is 1. The molecule has 2 aliphatic heterocycles. The van der Waals surface area contributed by atoms with E-state index in [1.54, 1.807) is 0 Å². The van der Waals surface area contributed by atoms with E-state index in [1.807, 2.05) is 44.2 Å². The number of carbonyl (C=O) groups is 3. The van der Waals surface area contributed by atoms with Crippen LogP contribution in [-0.4, -0.2) is 58.2 Å². The average Bonchev–Trinajstić information content (AvgIpc) is 3.39. The fourth-order valence-electron chi connectivity index (χ4n) is 5.01. The lowest BCUT2D eigenvalue weighted by molar-refractivity contribution is -0.136.